The van der Waals surface area contributed by atoms with Crippen LogP contribution in [0.3, 0.4) is 0 Å². The predicted octanol–water partition coefficient (Wildman–Crippen LogP) is 1.36. The molecule has 2 rings (SSSR count). The molecular formula is C12H16FNO3S. The number of aliphatic hydroxyl groups excluding tert-OH is 1. The van der Waals surface area contributed by atoms with E-state index in [0.29, 0.717) is 13.0 Å². The van der Waals surface area contributed by atoms with Gasteiger partial charge >= 0.3 is 0 Å². The Labute approximate surface area is 106 Å². The average molecular weight is 273 g/mol. The highest BCUT2D eigenvalue weighted by Crippen LogP contribution is 2.32. The van der Waals surface area contributed by atoms with Crippen LogP contribution >= 0.6 is 0 Å². The number of nitrogens with zero attached hydrogens (tertiary/aromatic N) is 1. The summed E-state index contributed by atoms with van der Waals surface area (Å²) in [6, 6.07) is 4.87. The van der Waals surface area contributed by atoms with Crippen molar-refractivity contribution in [2.24, 2.45) is 0 Å². The van der Waals surface area contributed by atoms with Crippen LogP contribution in [0.5, 0.6) is 0 Å². The van der Waals surface area contributed by atoms with Crippen LogP contribution in [-0.4, -0.2) is 37.0 Å². The second-order valence-corrected chi connectivity index (χ2v) is 6.27. The maximum Gasteiger partial charge on any atom is 0.243 e. The van der Waals surface area contributed by atoms with Crippen LogP contribution in [0.2, 0.25) is 0 Å². The number of halogens is 1. The quantitative estimate of drug-likeness (QED) is 0.851. The minimum absolute atomic E-state index is 0.0339. The molecule has 1 aliphatic carbocycles. The Morgan fingerprint density at radius 2 is 1.89 bits per heavy atom. The second-order valence-electron chi connectivity index (χ2n) is 4.38. The standard InChI is InChI=1S/C12H16FNO3S/c13-10-2-6-12(7-3-10)18(16,17)14(8-1-9-15)11-4-5-11/h2-3,6-7,11,15H,1,4-5,8-9H2. The Morgan fingerprint density at radius 3 is 2.39 bits per heavy atom. The van der Waals surface area contributed by atoms with Gasteiger partial charge < -0.3 is 5.11 Å². The summed E-state index contributed by atoms with van der Waals surface area (Å²) in [5.74, 6) is -0.456. The number of sulfonamides is 1. The molecule has 0 heterocycles. The maximum absolute atomic E-state index is 12.8. The zero-order valence-corrected chi connectivity index (χ0v) is 10.7. The van der Waals surface area contributed by atoms with Crippen LogP contribution in [0.15, 0.2) is 29.2 Å². The molecular weight excluding hydrogens is 257 g/mol. The highest BCUT2D eigenvalue weighted by Gasteiger charge is 2.37. The van der Waals surface area contributed by atoms with Crippen LogP contribution in [0.1, 0.15) is 19.3 Å². The van der Waals surface area contributed by atoms with Crippen molar-refractivity contribution in [2.45, 2.75) is 30.2 Å². The molecule has 0 unspecified atom stereocenters. The second kappa shape index (κ2) is 5.34. The van der Waals surface area contributed by atoms with Crippen molar-refractivity contribution in [1.29, 1.82) is 0 Å². The van der Waals surface area contributed by atoms with Crippen molar-refractivity contribution in [3.63, 3.8) is 0 Å². The molecule has 0 amide bonds. The molecule has 4 nitrogen and oxygen atoms in total. The molecule has 0 spiro atoms. The van der Waals surface area contributed by atoms with E-state index in [9.17, 15) is 12.8 Å². The Kier molecular flexibility index (Phi) is 3.99. The molecule has 0 atom stereocenters. The van der Waals surface area contributed by atoms with Gasteiger partial charge in [0.25, 0.3) is 0 Å². The van der Waals surface area contributed by atoms with E-state index in [1.807, 2.05) is 0 Å². The SMILES string of the molecule is O=S(=O)(c1ccc(F)cc1)N(CCCO)C1CC1. The minimum atomic E-state index is -3.57. The summed E-state index contributed by atoms with van der Waals surface area (Å²) in [7, 11) is -3.57. The van der Waals surface area contributed by atoms with Gasteiger partial charge in [0.05, 0.1) is 4.90 Å². The summed E-state index contributed by atoms with van der Waals surface area (Å²) in [5, 5.41) is 8.82. The summed E-state index contributed by atoms with van der Waals surface area (Å²) < 4.78 is 38.9. The van der Waals surface area contributed by atoms with Gasteiger partial charge in [-0.05, 0) is 43.5 Å². The van der Waals surface area contributed by atoms with Gasteiger partial charge in [-0.15, -0.1) is 0 Å². The van der Waals surface area contributed by atoms with Crippen molar-refractivity contribution in [2.75, 3.05) is 13.2 Å². The lowest BCUT2D eigenvalue weighted by atomic mass is 10.4. The van der Waals surface area contributed by atoms with Crippen LogP contribution in [0.4, 0.5) is 4.39 Å². The monoisotopic (exact) mass is 273 g/mol. The highest BCUT2D eigenvalue weighted by atomic mass is 32.2. The van der Waals surface area contributed by atoms with Crippen LogP contribution < -0.4 is 0 Å². The summed E-state index contributed by atoms with van der Waals surface area (Å²) in [6.45, 7) is 0.267. The Morgan fingerprint density at radius 1 is 1.28 bits per heavy atom. The van der Waals surface area contributed by atoms with Gasteiger partial charge in [-0.25, -0.2) is 12.8 Å². The Hall–Kier alpha value is -0.980. The molecule has 1 N–H and O–H groups in total. The number of benzene rings is 1. The zero-order valence-electron chi connectivity index (χ0n) is 9.92. The minimum Gasteiger partial charge on any atom is -0.396 e. The van der Waals surface area contributed by atoms with E-state index < -0.39 is 15.8 Å². The largest absolute Gasteiger partial charge is 0.396 e. The van der Waals surface area contributed by atoms with Gasteiger partial charge in [0.2, 0.25) is 10.0 Å². The van der Waals surface area contributed by atoms with Crippen molar-refractivity contribution in [1.82, 2.24) is 4.31 Å². The molecule has 100 valence electrons. The topological polar surface area (TPSA) is 57.6 Å². The molecule has 6 heteroatoms. The smallest absolute Gasteiger partial charge is 0.243 e. The molecule has 0 radical (unpaired) electrons. The van der Waals surface area contributed by atoms with Crippen molar-refractivity contribution in [3.05, 3.63) is 30.1 Å². The van der Waals surface area contributed by atoms with Gasteiger partial charge in [-0.1, -0.05) is 0 Å². The van der Waals surface area contributed by atoms with E-state index in [1.54, 1.807) is 0 Å². The molecule has 1 aromatic carbocycles. The lowest BCUT2D eigenvalue weighted by Gasteiger charge is -2.21. The molecule has 1 fully saturated rings. The molecule has 1 aromatic rings. The summed E-state index contributed by atoms with van der Waals surface area (Å²) >= 11 is 0. The molecule has 18 heavy (non-hydrogen) atoms. The molecule has 0 saturated heterocycles. The van der Waals surface area contributed by atoms with Gasteiger partial charge in [0.1, 0.15) is 5.82 Å². The van der Waals surface area contributed by atoms with Gasteiger partial charge in [0, 0.05) is 19.2 Å². The Bertz CT molecular complexity index is 497. The van der Waals surface area contributed by atoms with Crippen LogP contribution in [0.25, 0.3) is 0 Å². The first kappa shape index (κ1) is 13.5. The van der Waals surface area contributed by atoms with E-state index in [2.05, 4.69) is 0 Å². The maximum atomic E-state index is 12.8. The number of rotatable bonds is 6. The fraction of sp³-hybridized carbons (Fsp3) is 0.500. The first-order valence-corrected chi connectivity index (χ1v) is 7.38. The lowest BCUT2D eigenvalue weighted by molar-refractivity contribution is 0.267. The number of hydrogen-bond acceptors (Lipinski definition) is 3. The zero-order chi connectivity index (χ0) is 13.2. The normalized spacial score (nSPS) is 16.2. The first-order valence-electron chi connectivity index (χ1n) is 5.94. The van der Waals surface area contributed by atoms with Crippen molar-refractivity contribution < 1.29 is 17.9 Å². The van der Waals surface area contributed by atoms with E-state index in [0.717, 1.165) is 25.0 Å². The third-order valence-corrected chi connectivity index (χ3v) is 4.88. The van der Waals surface area contributed by atoms with E-state index in [1.165, 1.54) is 16.4 Å². The van der Waals surface area contributed by atoms with E-state index in [-0.39, 0.29) is 17.5 Å². The van der Waals surface area contributed by atoms with Gasteiger partial charge in [0.15, 0.2) is 0 Å². The summed E-state index contributed by atoms with van der Waals surface area (Å²) in [4.78, 5) is 0.105. The summed E-state index contributed by atoms with van der Waals surface area (Å²) in [5.41, 5.74) is 0. The number of aliphatic hydroxyl groups is 1. The van der Waals surface area contributed by atoms with E-state index in [4.69, 9.17) is 5.11 Å². The molecule has 0 bridgehead atoms. The lowest BCUT2D eigenvalue weighted by Crippen LogP contribution is -2.34. The highest BCUT2D eigenvalue weighted by molar-refractivity contribution is 7.89. The average Bonchev–Trinajstić information content (AvgIpc) is 3.14. The van der Waals surface area contributed by atoms with Crippen molar-refractivity contribution >= 4 is 10.0 Å². The van der Waals surface area contributed by atoms with Crippen LogP contribution in [0, 0.1) is 5.82 Å². The van der Waals surface area contributed by atoms with Crippen LogP contribution in [-0.2, 0) is 10.0 Å². The molecule has 0 aliphatic heterocycles. The Balaban J connectivity index is 2.24. The third-order valence-electron chi connectivity index (χ3n) is 2.91. The summed E-state index contributed by atoms with van der Waals surface area (Å²) in [6.07, 6.45) is 2.12. The van der Waals surface area contributed by atoms with Gasteiger partial charge in [-0.3, -0.25) is 0 Å². The third kappa shape index (κ3) is 2.88. The fourth-order valence-electron chi connectivity index (χ4n) is 1.83. The number of hydrogen-bond donors (Lipinski definition) is 1. The predicted molar refractivity (Wildman–Crippen MR) is 65.0 cm³/mol. The van der Waals surface area contributed by atoms with Gasteiger partial charge in [-0.2, -0.15) is 4.31 Å². The first-order chi connectivity index (χ1) is 8.55. The van der Waals surface area contributed by atoms with E-state index >= 15 is 0 Å². The molecule has 1 aliphatic rings. The fourth-order valence-corrected chi connectivity index (χ4v) is 3.55. The molecule has 0 aromatic heterocycles. The van der Waals surface area contributed by atoms with Crippen molar-refractivity contribution in [3.8, 4) is 0 Å². The molecule has 1 saturated carbocycles.